The Morgan fingerprint density at radius 3 is 2.46 bits per heavy atom. The predicted molar refractivity (Wildman–Crippen MR) is 106 cm³/mol. The van der Waals surface area contributed by atoms with Crippen LogP contribution in [0.2, 0.25) is 0 Å². The third-order valence-corrected chi connectivity index (χ3v) is 4.05. The van der Waals surface area contributed by atoms with Gasteiger partial charge in [-0.05, 0) is 76.8 Å². The largest absolute Gasteiger partial charge is 0.326 e. The van der Waals surface area contributed by atoms with Crippen LogP contribution in [0.15, 0.2) is 52.7 Å². The van der Waals surface area contributed by atoms with Gasteiger partial charge in [-0.3, -0.25) is 9.59 Å². The van der Waals surface area contributed by atoms with E-state index in [1.807, 2.05) is 13.0 Å². The number of carbonyl (C=O) groups is 2. The molecule has 0 aliphatic heterocycles. The number of rotatable bonds is 8. The van der Waals surface area contributed by atoms with Gasteiger partial charge in [0, 0.05) is 23.4 Å². The number of hydrogen-bond donors (Lipinski definition) is 2. The van der Waals surface area contributed by atoms with Crippen molar-refractivity contribution in [3.8, 4) is 0 Å². The van der Waals surface area contributed by atoms with Crippen LogP contribution in [0.4, 0.5) is 5.69 Å². The zero-order chi connectivity index (χ0) is 18.9. The Morgan fingerprint density at radius 1 is 1.15 bits per heavy atom. The summed E-state index contributed by atoms with van der Waals surface area (Å²) in [4.78, 5) is 23.8. The van der Waals surface area contributed by atoms with E-state index in [-0.39, 0.29) is 17.7 Å². The fraction of sp³-hybridized carbons (Fsp3) is 0.381. The molecule has 2 rings (SSSR count). The number of allylic oxidation sites excluding steroid dienone is 4. The normalized spacial score (nSPS) is 14.2. The Morgan fingerprint density at radius 2 is 1.85 bits per heavy atom. The number of nitrogens with zero attached hydrogens (tertiary/aromatic N) is 1. The monoisotopic (exact) mass is 353 g/mol. The second-order valence-corrected chi connectivity index (χ2v) is 6.89. The summed E-state index contributed by atoms with van der Waals surface area (Å²) in [7, 11) is 0. The average molecular weight is 353 g/mol. The van der Waals surface area contributed by atoms with Gasteiger partial charge in [0.1, 0.15) is 0 Å². The van der Waals surface area contributed by atoms with Crippen molar-refractivity contribution in [2.24, 2.45) is 11.0 Å². The van der Waals surface area contributed by atoms with E-state index >= 15 is 0 Å². The van der Waals surface area contributed by atoms with Crippen LogP contribution in [0.25, 0.3) is 0 Å². The Bertz CT molecular complexity index is 722. The number of amides is 2. The van der Waals surface area contributed by atoms with Gasteiger partial charge in [-0.25, -0.2) is 5.43 Å². The molecule has 2 N–H and O–H groups in total. The Hall–Kier alpha value is -2.69. The topological polar surface area (TPSA) is 70.6 Å². The molecule has 0 unspecified atom stereocenters. The summed E-state index contributed by atoms with van der Waals surface area (Å²) in [5, 5.41) is 6.79. The summed E-state index contributed by atoms with van der Waals surface area (Å²) < 4.78 is 0. The van der Waals surface area contributed by atoms with E-state index in [0.29, 0.717) is 11.3 Å². The fourth-order valence-corrected chi connectivity index (χ4v) is 2.29. The number of carbonyl (C=O) groups excluding carboxylic acids is 2. The summed E-state index contributed by atoms with van der Waals surface area (Å²) in [5.74, 6) is -0.0682. The van der Waals surface area contributed by atoms with E-state index < -0.39 is 0 Å². The average Bonchev–Trinajstić information content (AvgIpc) is 3.44. The Balaban J connectivity index is 1.77. The van der Waals surface area contributed by atoms with E-state index in [1.165, 1.54) is 11.1 Å². The van der Waals surface area contributed by atoms with Crippen LogP contribution in [-0.2, 0) is 4.79 Å². The number of anilines is 1. The van der Waals surface area contributed by atoms with Gasteiger partial charge in [-0.2, -0.15) is 5.10 Å². The zero-order valence-corrected chi connectivity index (χ0v) is 15.7. The predicted octanol–water partition coefficient (Wildman–Crippen LogP) is 4.44. The molecular formula is C21H27N3O2. The van der Waals surface area contributed by atoms with Crippen molar-refractivity contribution >= 4 is 23.7 Å². The molecule has 0 heterocycles. The van der Waals surface area contributed by atoms with E-state index in [1.54, 1.807) is 30.5 Å². The second-order valence-electron chi connectivity index (χ2n) is 6.89. The van der Waals surface area contributed by atoms with Crippen LogP contribution < -0.4 is 10.7 Å². The lowest BCUT2D eigenvalue weighted by molar-refractivity contribution is -0.117. The summed E-state index contributed by atoms with van der Waals surface area (Å²) in [6.07, 6.45) is 9.61. The van der Waals surface area contributed by atoms with Crippen molar-refractivity contribution in [1.29, 1.82) is 0 Å². The molecule has 0 bridgehead atoms. The molecule has 1 aliphatic rings. The lowest BCUT2D eigenvalue weighted by atomic mass is 10.1. The van der Waals surface area contributed by atoms with Crippen molar-refractivity contribution < 1.29 is 9.59 Å². The molecule has 1 aromatic rings. The van der Waals surface area contributed by atoms with Gasteiger partial charge < -0.3 is 5.32 Å². The van der Waals surface area contributed by atoms with Crippen LogP contribution in [-0.4, -0.2) is 18.0 Å². The SMILES string of the molecule is CC(C)=CCCC(C)=CC=NNC(=O)c1ccc(NC(=O)C2CC2)cc1. The van der Waals surface area contributed by atoms with Crippen LogP contribution in [0.3, 0.4) is 0 Å². The van der Waals surface area contributed by atoms with Gasteiger partial charge in [0.25, 0.3) is 5.91 Å². The molecule has 1 saturated carbocycles. The second kappa shape index (κ2) is 9.70. The first-order valence-electron chi connectivity index (χ1n) is 8.99. The first-order valence-corrected chi connectivity index (χ1v) is 8.99. The molecule has 26 heavy (non-hydrogen) atoms. The highest BCUT2D eigenvalue weighted by molar-refractivity contribution is 5.97. The standard InChI is InChI=1S/C21H27N3O2/c1-15(2)5-4-6-16(3)13-14-22-24-21(26)18-9-11-19(12-10-18)23-20(25)17-7-8-17/h5,9-14,17H,4,6-8H2,1-3H3,(H,23,25)(H,24,26). The van der Waals surface area contributed by atoms with E-state index in [2.05, 4.69) is 35.8 Å². The molecule has 1 aromatic carbocycles. The minimum Gasteiger partial charge on any atom is -0.326 e. The molecule has 1 fully saturated rings. The summed E-state index contributed by atoms with van der Waals surface area (Å²) in [6, 6.07) is 6.81. The summed E-state index contributed by atoms with van der Waals surface area (Å²) in [5.41, 5.74) is 6.23. The molecule has 0 atom stereocenters. The molecule has 0 saturated heterocycles. The quantitative estimate of drug-likeness (QED) is 0.412. The third-order valence-electron chi connectivity index (χ3n) is 4.05. The van der Waals surface area contributed by atoms with Gasteiger partial charge in [0.2, 0.25) is 5.91 Å². The maximum atomic E-state index is 12.0. The van der Waals surface area contributed by atoms with Crippen LogP contribution in [0.5, 0.6) is 0 Å². The first kappa shape index (κ1) is 19.6. The minimum atomic E-state index is -0.281. The van der Waals surface area contributed by atoms with Gasteiger partial charge in [-0.1, -0.05) is 17.2 Å². The highest BCUT2D eigenvalue weighted by atomic mass is 16.2. The van der Waals surface area contributed by atoms with Gasteiger partial charge >= 0.3 is 0 Å². The number of hydrazone groups is 1. The molecular weight excluding hydrogens is 326 g/mol. The van der Waals surface area contributed by atoms with Gasteiger partial charge in [0.05, 0.1) is 0 Å². The van der Waals surface area contributed by atoms with Crippen molar-refractivity contribution in [3.05, 3.63) is 53.1 Å². The zero-order valence-electron chi connectivity index (χ0n) is 15.7. The minimum absolute atomic E-state index is 0.0542. The Labute approximate surface area is 155 Å². The highest BCUT2D eigenvalue weighted by Gasteiger charge is 2.29. The van der Waals surface area contributed by atoms with Gasteiger partial charge in [0.15, 0.2) is 0 Å². The van der Waals surface area contributed by atoms with Crippen molar-refractivity contribution in [3.63, 3.8) is 0 Å². The summed E-state index contributed by atoms with van der Waals surface area (Å²) in [6.45, 7) is 6.22. The molecule has 0 spiro atoms. The fourth-order valence-electron chi connectivity index (χ4n) is 2.29. The molecule has 0 aromatic heterocycles. The van der Waals surface area contributed by atoms with Gasteiger partial charge in [-0.15, -0.1) is 0 Å². The highest BCUT2D eigenvalue weighted by Crippen LogP contribution is 2.30. The number of benzene rings is 1. The number of hydrogen-bond acceptors (Lipinski definition) is 3. The lowest BCUT2D eigenvalue weighted by Gasteiger charge is -2.05. The Kier molecular flexibility index (Phi) is 7.33. The maximum absolute atomic E-state index is 12.0. The van der Waals surface area contributed by atoms with Crippen molar-refractivity contribution in [2.45, 2.75) is 46.5 Å². The molecule has 138 valence electrons. The maximum Gasteiger partial charge on any atom is 0.271 e. The molecule has 5 nitrogen and oxygen atoms in total. The molecule has 5 heteroatoms. The van der Waals surface area contributed by atoms with Crippen molar-refractivity contribution in [2.75, 3.05) is 5.32 Å². The van der Waals surface area contributed by atoms with Crippen LogP contribution in [0.1, 0.15) is 56.8 Å². The van der Waals surface area contributed by atoms with Crippen LogP contribution >= 0.6 is 0 Å². The number of nitrogens with one attached hydrogen (secondary N) is 2. The molecule has 1 aliphatic carbocycles. The summed E-state index contributed by atoms with van der Waals surface area (Å²) >= 11 is 0. The van der Waals surface area contributed by atoms with E-state index in [0.717, 1.165) is 25.7 Å². The van der Waals surface area contributed by atoms with Crippen LogP contribution in [0, 0.1) is 5.92 Å². The van der Waals surface area contributed by atoms with E-state index in [4.69, 9.17) is 0 Å². The molecule has 2 amide bonds. The van der Waals surface area contributed by atoms with E-state index in [9.17, 15) is 9.59 Å². The smallest absolute Gasteiger partial charge is 0.271 e. The molecule has 0 radical (unpaired) electrons. The lowest BCUT2D eigenvalue weighted by Crippen LogP contribution is -2.17. The third kappa shape index (κ3) is 7.05. The first-order chi connectivity index (χ1) is 12.5. The van der Waals surface area contributed by atoms with Crippen molar-refractivity contribution in [1.82, 2.24) is 5.43 Å².